The van der Waals surface area contributed by atoms with Crippen LogP contribution in [0.15, 0.2) is 53.1 Å². The molecule has 0 radical (unpaired) electrons. The SMILES string of the molecule is O=C(COc1ccc(Br)cc1)NC(=S)Nc1ccccn1. The van der Waals surface area contributed by atoms with E-state index >= 15 is 0 Å². The molecular weight excluding hydrogens is 354 g/mol. The molecule has 0 unspecified atom stereocenters. The molecule has 1 aromatic heterocycles. The highest BCUT2D eigenvalue weighted by molar-refractivity contribution is 9.10. The van der Waals surface area contributed by atoms with Gasteiger partial charge < -0.3 is 10.1 Å². The predicted octanol–water partition coefficient (Wildman–Crippen LogP) is 2.74. The number of thiocarbonyl (C=S) groups is 1. The smallest absolute Gasteiger partial charge is 0.264 e. The van der Waals surface area contributed by atoms with Crippen LogP contribution >= 0.6 is 28.1 Å². The fourth-order valence-corrected chi connectivity index (χ4v) is 1.91. The van der Waals surface area contributed by atoms with Crippen molar-refractivity contribution in [2.24, 2.45) is 0 Å². The first kappa shape index (κ1) is 15.4. The van der Waals surface area contributed by atoms with E-state index in [0.29, 0.717) is 11.6 Å². The molecule has 108 valence electrons. The minimum Gasteiger partial charge on any atom is -0.484 e. The largest absolute Gasteiger partial charge is 0.484 e. The average Bonchev–Trinajstić information content (AvgIpc) is 2.47. The van der Waals surface area contributed by atoms with Crippen LogP contribution < -0.4 is 15.4 Å². The molecule has 5 nitrogen and oxygen atoms in total. The first-order valence-electron chi connectivity index (χ1n) is 6.04. The van der Waals surface area contributed by atoms with Crippen LogP contribution in [0.1, 0.15) is 0 Å². The number of pyridine rings is 1. The molecule has 0 spiro atoms. The summed E-state index contributed by atoms with van der Waals surface area (Å²) in [7, 11) is 0. The van der Waals surface area contributed by atoms with Gasteiger partial charge in [-0.1, -0.05) is 22.0 Å². The van der Waals surface area contributed by atoms with Crippen molar-refractivity contribution in [2.75, 3.05) is 11.9 Å². The maximum atomic E-state index is 11.7. The molecule has 2 aromatic rings. The van der Waals surface area contributed by atoms with Gasteiger partial charge in [0.05, 0.1) is 0 Å². The van der Waals surface area contributed by atoms with E-state index < -0.39 is 0 Å². The van der Waals surface area contributed by atoms with Gasteiger partial charge in [-0.05, 0) is 48.6 Å². The summed E-state index contributed by atoms with van der Waals surface area (Å²) in [6, 6.07) is 12.6. The number of carbonyl (C=O) groups excluding carboxylic acids is 1. The minimum absolute atomic E-state index is 0.119. The Kier molecular flexibility index (Phi) is 5.65. The maximum absolute atomic E-state index is 11.7. The van der Waals surface area contributed by atoms with Crippen molar-refractivity contribution in [2.45, 2.75) is 0 Å². The molecule has 2 N–H and O–H groups in total. The van der Waals surface area contributed by atoms with Gasteiger partial charge in [0.15, 0.2) is 11.7 Å². The summed E-state index contributed by atoms with van der Waals surface area (Å²) in [5.41, 5.74) is 0. The number of hydrogen-bond acceptors (Lipinski definition) is 4. The molecule has 0 atom stereocenters. The minimum atomic E-state index is -0.341. The number of aromatic nitrogens is 1. The standard InChI is InChI=1S/C14H12BrN3O2S/c15-10-4-6-11(7-5-10)20-9-13(19)18-14(21)17-12-3-1-2-8-16-12/h1-8H,9H2,(H2,16,17,18,19,21). The van der Waals surface area contributed by atoms with Gasteiger partial charge in [0.25, 0.3) is 5.91 Å². The first-order valence-corrected chi connectivity index (χ1v) is 7.24. The van der Waals surface area contributed by atoms with Crippen LogP contribution in [-0.2, 0) is 4.79 Å². The highest BCUT2D eigenvalue weighted by Gasteiger charge is 2.06. The van der Waals surface area contributed by atoms with E-state index in [2.05, 4.69) is 31.5 Å². The number of carbonyl (C=O) groups is 1. The number of hydrogen-bond donors (Lipinski definition) is 2. The Morgan fingerprint density at radius 1 is 1.24 bits per heavy atom. The zero-order valence-electron chi connectivity index (χ0n) is 10.9. The molecule has 0 saturated carbocycles. The summed E-state index contributed by atoms with van der Waals surface area (Å²) in [4.78, 5) is 15.7. The van der Waals surface area contributed by atoms with Gasteiger partial charge in [0.1, 0.15) is 11.6 Å². The van der Waals surface area contributed by atoms with Crippen molar-refractivity contribution in [3.63, 3.8) is 0 Å². The topological polar surface area (TPSA) is 63.2 Å². The Labute approximate surface area is 135 Å². The van der Waals surface area contributed by atoms with Gasteiger partial charge in [0, 0.05) is 10.7 Å². The van der Waals surface area contributed by atoms with Crippen molar-refractivity contribution in [3.05, 3.63) is 53.1 Å². The third-order valence-corrected chi connectivity index (χ3v) is 3.08. The average molecular weight is 366 g/mol. The molecule has 0 aliphatic rings. The van der Waals surface area contributed by atoms with Gasteiger partial charge in [-0.15, -0.1) is 0 Å². The highest BCUT2D eigenvalue weighted by Crippen LogP contribution is 2.15. The molecule has 0 bridgehead atoms. The van der Waals surface area contributed by atoms with Crippen molar-refractivity contribution in [1.82, 2.24) is 10.3 Å². The molecule has 2 rings (SSSR count). The summed E-state index contributed by atoms with van der Waals surface area (Å²) in [6.07, 6.45) is 1.63. The van der Waals surface area contributed by atoms with E-state index in [1.807, 2.05) is 18.2 Å². The first-order chi connectivity index (χ1) is 10.1. The lowest BCUT2D eigenvalue weighted by molar-refractivity contribution is -0.121. The van der Waals surface area contributed by atoms with Crippen LogP contribution in [0.2, 0.25) is 0 Å². The number of nitrogens with zero attached hydrogens (tertiary/aromatic N) is 1. The van der Waals surface area contributed by atoms with Gasteiger partial charge in [-0.3, -0.25) is 10.1 Å². The third-order valence-electron chi connectivity index (χ3n) is 2.34. The summed E-state index contributed by atoms with van der Waals surface area (Å²) in [5, 5.41) is 5.50. The van der Waals surface area contributed by atoms with Gasteiger partial charge >= 0.3 is 0 Å². The second kappa shape index (κ2) is 7.70. The lowest BCUT2D eigenvalue weighted by Crippen LogP contribution is -2.37. The Morgan fingerprint density at radius 2 is 2.00 bits per heavy atom. The van der Waals surface area contributed by atoms with E-state index in [9.17, 15) is 4.79 Å². The lowest BCUT2D eigenvalue weighted by atomic mass is 10.3. The molecule has 0 aliphatic carbocycles. The van der Waals surface area contributed by atoms with Crippen molar-refractivity contribution >= 4 is 45.0 Å². The van der Waals surface area contributed by atoms with Crippen LogP contribution in [0.4, 0.5) is 5.82 Å². The molecule has 0 saturated heterocycles. The normalized spacial score (nSPS) is 9.76. The van der Waals surface area contributed by atoms with Gasteiger partial charge in [0.2, 0.25) is 0 Å². The third kappa shape index (κ3) is 5.49. The van der Waals surface area contributed by atoms with E-state index in [0.717, 1.165) is 4.47 Å². The molecule has 21 heavy (non-hydrogen) atoms. The van der Waals surface area contributed by atoms with Crippen molar-refractivity contribution < 1.29 is 9.53 Å². The van der Waals surface area contributed by atoms with Crippen LogP contribution in [0.25, 0.3) is 0 Å². The van der Waals surface area contributed by atoms with Crippen LogP contribution in [0.5, 0.6) is 5.75 Å². The maximum Gasteiger partial charge on any atom is 0.264 e. The van der Waals surface area contributed by atoms with E-state index in [1.165, 1.54) is 0 Å². The molecule has 0 fully saturated rings. The second-order valence-corrected chi connectivity index (χ2v) is 5.28. The van der Waals surface area contributed by atoms with E-state index in [1.54, 1.807) is 30.5 Å². The number of anilines is 1. The fourth-order valence-electron chi connectivity index (χ4n) is 1.43. The molecule has 7 heteroatoms. The summed E-state index contributed by atoms with van der Waals surface area (Å²) in [6.45, 7) is -0.119. The number of amides is 1. The Bertz CT molecular complexity index is 620. The fraction of sp³-hybridized carbons (Fsp3) is 0.0714. The number of nitrogens with one attached hydrogen (secondary N) is 2. The Morgan fingerprint density at radius 3 is 2.67 bits per heavy atom. The van der Waals surface area contributed by atoms with Crippen LogP contribution in [-0.4, -0.2) is 22.6 Å². The summed E-state index contributed by atoms with van der Waals surface area (Å²) >= 11 is 8.34. The zero-order chi connectivity index (χ0) is 15.1. The number of ether oxygens (including phenoxy) is 1. The van der Waals surface area contributed by atoms with Crippen LogP contribution in [0, 0.1) is 0 Å². The second-order valence-electron chi connectivity index (χ2n) is 3.96. The van der Waals surface area contributed by atoms with E-state index in [-0.39, 0.29) is 17.6 Å². The number of rotatable bonds is 4. The Balaban J connectivity index is 1.76. The highest BCUT2D eigenvalue weighted by atomic mass is 79.9. The van der Waals surface area contributed by atoms with Crippen molar-refractivity contribution in [3.8, 4) is 5.75 Å². The molecule has 1 heterocycles. The monoisotopic (exact) mass is 365 g/mol. The summed E-state index contributed by atoms with van der Waals surface area (Å²) in [5.74, 6) is 0.833. The molecule has 1 amide bonds. The lowest BCUT2D eigenvalue weighted by Gasteiger charge is -2.09. The summed E-state index contributed by atoms with van der Waals surface area (Å²) < 4.78 is 6.28. The van der Waals surface area contributed by atoms with Gasteiger partial charge in [-0.25, -0.2) is 4.98 Å². The van der Waals surface area contributed by atoms with E-state index in [4.69, 9.17) is 17.0 Å². The Hall–Kier alpha value is -1.99. The molecule has 1 aromatic carbocycles. The van der Waals surface area contributed by atoms with Crippen LogP contribution in [0.3, 0.4) is 0 Å². The van der Waals surface area contributed by atoms with Gasteiger partial charge in [-0.2, -0.15) is 0 Å². The molecule has 0 aliphatic heterocycles. The number of benzene rings is 1. The molecular formula is C14H12BrN3O2S. The zero-order valence-corrected chi connectivity index (χ0v) is 13.3. The van der Waals surface area contributed by atoms with Crippen molar-refractivity contribution in [1.29, 1.82) is 0 Å². The predicted molar refractivity (Wildman–Crippen MR) is 88.2 cm³/mol. The number of halogens is 1. The quantitative estimate of drug-likeness (QED) is 0.815.